The highest BCUT2D eigenvalue weighted by atomic mass is 35.5. The molecule has 2 N–H and O–H groups in total. The average Bonchev–Trinajstić information content (AvgIpc) is 2.59. The molecule has 0 aliphatic carbocycles. The van der Waals surface area contributed by atoms with Crippen molar-refractivity contribution < 1.29 is 17.9 Å². The number of carbonyl (C=O) groups excluding carboxylic acids is 1. The van der Waals surface area contributed by atoms with Crippen LogP contribution < -0.4 is 10.0 Å². The van der Waals surface area contributed by atoms with Crippen LogP contribution in [0.25, 0.3) is 0 Å². The van der Waals surface area contributed by atoms with Gasteiger partial charge in [-0.15, -0.1) is 0 Å². The molecule has 0 saturated heterocycles. The molecule has 25 heavy (non-hydrogen) atoms. The van der Waals surface area contributed by atoms with Crippen LogP contribution in [0.4, 0.5) is 5.69 Å². The van der Waals surface area contributed by atoms with Crippen molar-refractivity contribution in [2.45, 2.75) is 11.3 Å². The van der Waals surface area contributed by atoms with Gasteiger partial charge >= 0.3 is 0 Å². The molecule has 0 aliphatic heterocycles. The highest BCUT2D eigenvalue weighted by Gasteiger charge is 2.16. The van der Waals surface area contributed by atoms with Gasteiger partial charge in [0.25, 0.3) is 5.91 Å². The van der Waals surface area contributed by atoms with Gasteiger partial charge in [0.2, 0.25) is 10.0 Å². The van der Waals surface area contributed by atoms with Gasteiger partial charge in [0.05, 0.1) is 4.90 Å². The fourth-order valence-corrected chi connectivity index (χ4v) is 3.39. The van der Waals surface area contributed by atoms with E-state index < -0.39 is 15.9 Å². The van der Waals surface area contributed by atoms with Gasteiger partial charge in [0, 0.05) is 36.5 Å². The van der Waals surface area contributed by atoms with E-state index in [9.17, 15) is 13.2 Å². The van der Waals surface area contributed by atoms with Crippen LogP contribution in [0, 0.1) is 0 Å². The van der Waals surface area contributed by atoms with E-state index in [1.165, 1.54) is 18.2 Å². The van der Waals surface area contributed by atoms with Crippen molar-refractivity contribution in [1.29, 1.82) is 0 Å². The van der Waals surface area contributed by atoms with Gasteiger partial charge in [-0.1, -0.05) is 23.7 Å². The number of sulfonamides is 1. The number of methoxy groups -OCH3 is 1. The Hall–Kier alpha value is -1.93. The molecule has 0 spiro atoms. The molecule has 134 valence electrons. The molecule has 0 heterocycles. The maximum absolute atomic E-state index is 12.3. The van der Waals surface area contributed by atoms with Gasteiger partial charge in [-0.3, -0.25) is 4.79 Å². The standard InChI is InChI=1S/C17H19ClN2O4S/c1-24-10-4-9-19-25(22,23)16-8-2-5-13(11-16)17(21)20-15-7-3-6-14(18)12-15/h2-3,5-8,11-12,19H,4,9-10H2,1H3,(H,20,21). The fraction of sp³-hybridized carbons (Fsp3) is 0.235. The second-order valence-corrected chi connectivity index (χ2v) is 7.44. The molecule has 0 unspecified atom stereocenters. The number of benzene rings is 2. The van der Waals surface area contributed by atoms with E-state index in [-0.39, 0.29) is 17.0 Å². The summed E-state index contributed by atoms with van der Waals surface area (Å²) in [6, 6.07) is 12.6. The van der Waals surface area contributed by atoms with Crippen LogP contribution >= 0.6 is 11.6 Å². The first-order chi connectivity index (χ1) is 11.9. The zero-order valence-corrected chi connectivity index (χ0v) is 15.2. The molecule has 2 aromatic rings. The predicted octanol–water partition coefficient (Wildman–Crippen LogP) is 2.91. The lowest BCUT2D eigenvalue weighted by Gasteiger charge is -2.09. The molecule has 0 bridgehead atoms. The summed E-state index contributed by atoms with van der Waals surface area (Å²) < 4.78 is 31.9. The van der Waals surface area contributed by atoms with Crippen molar-refractivity contribution in [1.82, 2.24) is 4.72 Å². The molecule has 2 aromatic carbocycles. The Labute approximate surface area is 152 Å². The molecule has 0 aliphatic rings. The number of rotatable bonds is 8. The van der Waals surface area contributed by atoms with Crippen molar-refractivity contribution in [3.63, 3.8) is 0 Å². The minimum absolute atomic E-state index is 0.0312. The number of hydrogen-bond donors (Lipinski definition) is 2. The molecular weight excluding hydrogens is 364 g/mol. The summed E-state index contributed by atoms with van der Waals surface area (Å²) in [5.41, 5.74) is 0.767. The Kier molecular flexibility index (Phi) is 6.95. The molecule has 0 saturated carbocycles. The monoisotopic (exact) mass is 382 g/mol. The molecule has 8 heteroatoms. The van der Waals surface area contributed by atoms with E-state index in [0.29, 0.717) is 23.7 Å². The minimum Gasteiger partial charge on any atom is -0.385 e. The smallest absolute Gasteiger partial charge is 0.255 e. The summed E-state index contributed by atoms with van der Waals surface area (Å²) in [6.45, 7) is 0.722. The third-order valence-corrected chi connectivity index (χ3v) is 5.00. The number of carbonyl (C=O) groups is 1. The zero-order valence-electron chi connectivity index (χ0n) is 13.7. The first-order valence-electron chi connectivity index (χ1n) is 7.58. The van der Waals surface area contributed by atoms with Crippen molar-refractivity contribution >= 4 is 33.2 Å². The van der Waals surface area contributed by atoms with Crippen LogP contribution in [0.15, 0.2) is 53.4 Å². The van der Waals surface area contributed by atoms with Crippen LogP contribution in [-0.2, 0) is 14.8 Å². The highest BCUT2D eigenvalue weighted by Crippen LogP contribution is 2.17. The van der Waals surface area contributed by atoms with Crippen molar-refractivity contribution in [3.8, 4) is 0 Å². The maximum Gasteiger partial charge on any atom is 0.255 e. The third-order valence-electron chi connectivity index (χ3n) is 3.31. The van der Waals surface area contributed by atoms with E-state index in [0.717, 1.165) is 0 Å². The molecule has 6 nitrogen and oxygen atoms in total. The highest BCUT2D eigenvalue weighted by molar-refractivity contribution is 7.89. The zero-order chi connectivity index (χ0) is 18.3. The molecule has 1 amide bonds. The Bertz CT molecular complexity index is 840. The number of hydrogen-bond acceptors (Lipinski definition) is 4. The lowest BCUT2D eigenvalue weighted by atomic mass is 10.2. The molecule has 0 radical (unpaired) electrons. The second-order valence-electron chi connectivity index (χ2n) is 5.24. The van der Waals surface area contributed by atoms with E-state index in [2.05, 4.69) is 10.0 Å². The minimum atomic E-state index is -3.68. The molecule has 0 fully saturated rings. The summed E-state index contributed by atoms with van der Waals surface area (Å²) >= 11 is 5.88. The summed E-state index contributed by atoms with van der Waals surface area (Å²) in [4.78, 5) is 12.3. The first-order valence-corrected chi connectivity index (χ1v) is 9.44. The van der Waals surface area contributed by atoms with Crippen LogP contribution in [0.5, 0.6) is 0 Å². The van der Waals surface area contributed by atoms with Crippen LogP contribution in [0.2, 0.25) is 5.02 Å². The molecule has 0 atom stereocenters. The quantitative estimate of drug-likeness (QED) is 0.687. The summed E-state index contributed by atoms with van der Waals surface area (Å²) in [7, 11) is -2.13. The Morgan fingerprint density at radius 1 is 1.16 bits per heavy atom. The fourth-order valence-electron chi connectivity index (χ4n) is 2.08. The van der Waals surface area contributed by atoms with Crippen LogP contribution in [0.1, 0.15) is 16.8 Å². The Balaban J connectivity index is 2.10. The maximum atomic E-state index is 12.3. The average molecular weight is 383 g/mol. The topological polar surface area (TPSA) is 84.5 Å². The van der Waals surface area contributed by atoms with Gasteiger partial charge in [-0.2, -0.15) is 0 Å². The predicted molar refractivity (Wildman–Crippen MR) is 97.5 cm³/mol. The summed E-state index contributed by atoms with van der Waals surface area (Å²) in [5, 5.41) is 3.18. The largest absolute Gasteiger partial charge is 0.385 e. The molecule has 2 rings (SSSR count). The van der Waals surface area contributed by atoms with Crippen LogP contribution in [0.3, 0.4) is 0 Å². The number of halogens is 1. The van der Waals surface area contributed by atoms with Crippen LogP contribution in [-0.4, -0.2) is 34.6 Å². The number of anilines is 1. The molecule has 0 aromatic heterocycles. The number of amides is 1. The van der Waals surface area contributed by atoms with E-state index in [4.69, 9.17) is 16.3 Å². The Morgan fingerprint density at radius 2 is 1.92 bits per heavy atom. The summed E-state index contributed by atoms with van der Waals surface area (Å²) in [5.74, 6) is -0.418. The van der Waals surface area contributed by atoms with E-state index in [1.807, 2.05) is 0 Å². The van der Waals surface area contributed by atoms with E-state index in [1.54, 1.807) is 37.4 Å². The number of nitrogens with one attached hydrogen (secondary N) is 2. The second kappa shape index (κ2) is 8.96. The third kappa shape index (κ3) is 5.82. The SMILES string of the molecule is COCCCNS(=O)(=O)c1cccc(C(=O)Nc2cccc(Cl)c2)c1. The van der Waals surface area contributed by atoms with Crippen molar-refractivity contribution in [3.05, 3.63) is 59.1 Å². The lowest BCUT2D eigenvalue weighted by molar-refractivity contribution is 0.102. The normalized spacial score (nSPS) is 11.3. The van der Waals surface area contributed by atoms with Gasteiger partial charge in [-0.05, 0) is 42.8 Å². The van der Waals surface area contributed by atoms with E-state index >= 15 is 0 Å². The molecular formula is C17H19ClN2O4S. The lowest BCUT2D eigenvalue weighted by Crippen LogP contribution is -2.26. The van der Waals surface area contributed by atoms with Crippen molar-refractivity contribution in [2.24, 2.45) is 0 Å². The van der Waals surface area contributed by atoms with Gasteiger partial charge in [-0.25, -0.2) is 13.1 Å². The van der Waals surface area contributed by atoms with Crippen molar-refractivity contribution in [2.75, 3.05) is 25.6 Å². The van der Waals surface area contributed by atoms with Gasteiger partial charge in [0.15, 0.2) is 0 Å². The summed E-state index contributed by atoms with van der Waals surface area (Å²) in [6.07, 6.45) is 0.560. The number of ether oxygens (including phenoxy) is 1. The Morgan fingerprint density at radius 3 is 2.64 bits per heavy atom. The van der Waals surface area contributed by atoms with Gasteiger partial charge < -0.3 is 10.1 Å². The first kappa shape index (κ1) is 19.4. The van der Waals surface area contributed by atoms with Gasteiger partial charge in [0.1, 0.15) is 0 Å².